The maximum atomic E-state index is 2.56. The molecule has 0 bridgehead atoms. The van der Waals surface area contributed by atoms with Crippen molar-refractivity contribution in [2.75, 3.05) is 0 Å². The lowest BCUT2D eigenvalue weighted by atomic mass is 10.1. The molecule has 0 saturated heterocycles. The summed E-state index contributed by atoms with van der Waals surface area (Å²) in [4.78, 5) is 0. The predicted molar refractivity (Wildman–Crippen MR) is 133 cm³/mol. The molecule has 1 rings (SSSR count). The molecule has 0 unspecified atom stereocenters. The Labute approximate surface area is 189 Å². The van der Waals surface area contributed by atoms with Gasteiger partial charge in [-0.05, 0) is 33.1 Å². The van der Waals surface area contributed by atoms with Crippen LogP contribution in [0.1, 0.15) is 155 Å². The highest BCUT2D eigenvalue weighted by molar-refractivity contribution is 4.86. The molecule has 0 saturated carbocycles. The zero-order valence-electron chi connectivity index (χ0n) is 21.3. The maximum Gasteiger partial charge on any atom is 0.256 e. The maximum absolute atomic E-state index is 2.56. The van der Waals surface area contributed by atoms with E-state index < -0.39 is 0 Å². The first-order valence-electron chi connectivity index (χ1n) is 13.8. The van der Waals surface area contributed by atoms with E-state index in [0.717, 1.165) is 0 Å². The van der Waals surface area contributed by atoms with Crippen LogP contribution in [0.15, 0.2) is 12.4 Å². The largest absolute Gasteiger partial charge is 0.256 e. The summed E-state index contributed by atoms with van der Waals surface area (Å²) in [6.07, 6.45) is 31.3. The van der Waals surface area contributed by atoms with Gasteiger partial charge in [0.05, 0.1) is 12.6 Å². The van der Waals surface area contributed by atoms with Gasteiger partial charge in [-0.15, -0.1) is 0 Å². The van der Waals surface area contributed by atoms with E-state index in [0.29, 0.717) is 6.04 Å². The van der Waals surface area contributed by atoms with Crippen LogP contribution in [0.2, 0.25) is 0 Å². The highest BCUT2D eigenvalue weighted by Gasteiger charge is 2.18. The quantitative estimate of drug-likeness (QED) is 0.139. The third kappa shape index (κ3) is 12.8. The molecule has 0 amide bonds. The summed E-state index contributed by atoms with van der Waals surface area (Å²) < 4.78 is 5.07. The molecule has 0 radical (unpaired) electrons. The Morgan fingerprint density at radius 3 is 1.53 bits per heavy atom. The lowest BCUT2D eigenvalue weighted by Crippen LogP contribution is -2.37. The number of hydrogen-bond acceptors (Lipinski definition) is 0. The van der Waals surface area contributed by atoms with E-state index in [1.54, 1.807) is 5.82 Å². The van der Waals surface area contributed by atoms with E-state index in [4.69, 9.17) is 0 Å². The fourth-order valence-electron chi connectivity index (χ4n) is 4.61. The molecular formula is C28H55N2+. The molecule has 1 heterocycles. The Hall–Kier alpha value is -0.790. The minimum absolute atomic E-state index is 0.572. The smallest absolute Gasteiger partial charge is 0.234 e. The molecule has 0 spiro atoms. The highest BCUT2D eigenvalue weighted by Crippen LogP contribution is 2.14. The molecule has 1 aromatic rings. The Morgan fingerprint density at radius 2 is 1.07 bits per heavy atom. The van der Waals surface area contributed by atoms with Crippen molar-refractivity contribution in [1.29, 1.82) is 0 Å². The zero-order chi connectivity index (χ0) is 21.9. The Morgan fingerprint density at radius 1 is 0.633 bits per heavy atom. The lowest BCUT2D eigenvalue weighted by Gasteiger charge is -2.08. The standard InChI is InChI=1S/C28H55N2/c1-5-7-9-11-13-14-15-16-18-20-22-24-29-25-26-30(27(3)4)28(29)23-21-19-17-12-10-8-6-2/h25-27H,5-24H2,1-4H3/q+1. The van der Waals surface area contributed by atoms with Crippen molar-refractivity contribution >= 4 is 0 Å². The minimum Gasteiger partial charge on any atom is -0.234 e. The van der Waals surface area contributed by atoms with Crippen LogP contribution in [-0.4, -0.2) is 4.57 Å². The molecular weight excluding hydrogens is 364 g/mol. The molecule has 0 fully saturated rings. The Balaban J connectivity index is 2.20. The fraction of sp³-hybridized carbons (Fsp3) is 0.893. The number of nitrogens with zero attached hydrogens (tertiary/aromatic N) is 2. The van der Waals surface area contributed by atoms with E-state index in [1.807, 2.05) is 0 Å². The SMILES string of the molecule is CCCCCCCCCCCCC[n+]1ccn(C(C)C)c1CCCCCCCCC. The van der Waals surface area contributed by atoms with Crippen LogP contribution in [0, 0.1) is 0 Å². The van der Waals surface area contributed by atoms with E-state index in [2.05, 4.69) is 49.2 Å². The number of imidazole rings is 1. The lowest BCUT2D eigenvalue weighted by molar-refractivity contribution is -0.704. The molecule has 176 valence electrons. The Bertz CT molecular complexity index is 489. The highest BCUT2D eigenvalue weighted by atomic mass is 15.2. The van der Waals surface area contributed by atoms with Crippen molar-refractivity contribution in [3.63, 3.8) is 0 Å². The molecule has 0 N–H and O–H groups in total. The molecule has 2 nitrogen and oxygen atoms in total. The molecule has 0 aliphatic carbocycles. The number of hydrogen-bond donors (Lipinski definition) is 0. The second-order valence-corrected chi connectivity index (χ2v) is 9.82. The first-order valence-corrected chi connectivity index (χ1v) is 13.8. The summed E-state index contributed by atoms with van der Waals surface area (Å²) in [6, 6.07) is 0.572. The molecule has 0 atom stereocenters. The molecule has 0 aromatic carbocycles. The van der Waals surface area contributed by atoms with Crippen LogP contribution >= 0.6 is 0 Å². The van der Waals surface area contributed by atoms with Gasteiger partial charge in [-0.3, -0.25) is 0 Å². The normalized spacial score (nSPS) is 11.6. The molecule has 0 aliphatic rings. The van der Waals surface area contributed by atoms with Crippen molar-refractivity contribution in [3.05, 3.63) is 18.2 Å². The minimum atomic E-state index is 0.572. The van der Waals surface area contributed by atoms with E-state index in [9.17, 15) is 0 Å². The van der Waals surface area contributed by atoms with Gasteiger partial charge in [0.15, 0.2) is 0 Å². The number of unbranched alkanes of at least 4 members (excludes halogenated alkanes) is 16. The average molecular weight is 420 g/mol. The fourth-order valence-corrected chi connectivity index (χ4v) is 4.61. The molecule has 30 heavy (non-hydrogen) atoms. The first-order chi connectivity index (χ1) is 14.7. The van der Waals surface area contributed by atoms with Crippen LogP contribution in [-0.2, 0) is 13.0 Å². The van der Waals surface area contributed by atoms with Gasteiger partial charge >= 0.3 is 0 Å². The first kappa shape index (κ1) is 27.2. The third-order valence-corrected chi connectivity index (χ3v) is 6.60. The summed E-state index contributed by atoms with van der Waals surface area (Å²) in [5.41, 5.74) is 0. The summed E-state index contributed by atoms with van der Waals surface area (Å²) in [6.45, 7) is 10.5. The monoisotopic (exact) mass is 419 g/mol. The summed E-state index contributed by atoms with van der Waals surface area (Å²) in [5.74, 6) is 1.56. The van der Waals surface area contributed by atoms with Crippen molar-refractivity contribution in [1.82, 2.24) is 4.57 Å². The van der Waals surface area contributed by atoms with Gasteiger partial charge < -0.3 is 0 Å². The van der Waals surface area contributed by atoms with E-state index >= 15 is 0 Å². The predicted octanol–water partition coefficient (Wildman–Crippen LogP) is 8.96. The van der Waals surface area contributed by atoms with Gasteiger partial charge in [-0.1, -0.05) is 110 Å². The van der Waals surface area contributed by atoms with Crippen LogP contribution in [0.25, 0.3) is 0 Å². The third-order valence-electron chi connectivity index (χ3n) is 6.60. The number of aromatic nitrogens is 2. The van der Waals surface area contributed by atoms with Crippen molar-refractivity contribution in [2.45, 2.75) is 162 Å². The van der Waals surface area contributed by atoms with Crippen LogP contribution in [0.5, 0.6) is 0 Å². The number of rotatable bonds is 21. The van der Waals surface area contributed by atoms with Gasteiger partial charge in [0, 0.05) is 6.42 Å². The van der Waals surface area contributed by atoms with Crippen LogP contribution in [0.4, 0.5) is 0 Å². The summed E-state index contributed by atoms with van der Waals surface area (Å²) in [7, 11) is 0. The molecule has 2 heteroatoms. The second kappa shape index (κ2) is 18.9. The molecule has 0 aliphatic heterocycles. The second-order valence-electron chi connectivity index (χ2n) is 9.82. The van der Waals surface area contributed by atoms with Crippen molar-refractivity contribution in [2.24, 2.45) is 0 Å². The van der Waals surface area contributed by atoms with Gasteiger partial charge in [-0.25, -0.2) is 9.13 Å². The van der Waals surface area contributed by atoms with Crippen LogP contribution < -0.4 is 4.57 Å². The summed E-state index contributed by atoms with van der Waals surface area (Å²) >= 11 is 0. The number of aryl methyl sites for hydroxylation is 1. The van der Waals surface area contributed by atoms with E-state index in [-0.39, 0.29) is 0 Å². The average Bonchev–Trinajstić information content (AvgIpc) is 3.14. The topological polar surface area (TPSA) is 8.81 Å². The van der Waals surface area contributed by atoms with Crippen LogP contribution in [0.3, 0.4) is 0 Å². The Kier molecular flexibility index (Phi) is 17.2. The van der Waals surface area contributed by atoms with Crippen molar-refractivity contribution in [3.8, 4) is 0 Å². The molecule has 1 aromatic heterocycles. The van der Waals surface area contributed by atoms with Crippen molar-refractivity contribution < 1.29 is 4.57 Å². The zero-order valence-corrected chi connectivity index (χ0v) is 21.3. The summed E-state index contributed by atoms with van der Waals surface area (Å²) in [5, 5.41) is 0. The van der Waals surface area contributed by atoms with Gasteiger partial charge in [-0.2, -0.15) is 0 Å². The van der Waals surface area contributed by atoms with Gasteiger partial charge in [0.1, 0.15) is 12.4 Å². The van der Waals surface area contributed by atoms with Gasteiger partial charge in [0.25, 0.3) is 5.82 Å². The van der Waals surface area contributed by atoms with E-state index in [1.165, 1.54) is 129 Å². The van der Waals surface area contributed by atoms with Gasteiger partial charge in [0.2, 0.25) is 0 Å².